The molecule has 1 atom stereocenters. The van der Waals surface area contributed by atoms with Crippen LogP contribution < -0.4 is 25.4 Å². The number of carbonyl (C=O) groups is 2. The summed E-state index contributed by atoms with van der Waals surface area (Å²) in [7, 11) is 3.01. The van der Waals surface area contributed by atoms with Crippen molar-refractivity contribution in [3.05, 3.63) is 53.3 Å². The molecule has 0 saturated carbocycles. The second-order valence-electron chi connectivity index (χ2n) is 9.04. The fourth-order valence-electron chi connectivity index (χ4n) is 3.76. The van der Waals surface area contributed by atoms with E-state index in [2.05, 4.69) is 26.1 Å². The van der Waals surface area contributed by atoms with Gasteiger partial charge in [-0.1, -0.05) is 31.1 Å². The van der Waals surface area contributed by atoms with E-state index in [-0.39, 0.29) is 36.3 Å². The lowest BCUT2D eigenvalue weighted by Gasteiger charge is -2.22. The van der Waals surface area contributed by atoms with Gasteiger partial charge >= 0.3 is 6.08 Å². The van der Waals surface area contributed by atoms with Gasteiger partial charge in [-0.25, -0.2) is 4.39 Å². The third-order valence-corrected chi connectivity index (χ3v) is 5.56. The Labute approximate surface area is 224 Å². The molecule has 5 N–H and O–H groups in total. The monoisotopic (exact) mass is 542 g/mol. The van der Waals surface area contributed by atoms with Crippen molar-refractivity contribution in [3.63, 3.8) is 0 Å². The third-order valence-electron chi connectivity index (χ3n) is 5.56. The molecule has 0 spiro atoms. The maximum atomic E-state index is 14.2. The average molecular weight is 543 g/mol. The molecular formula is C26H31FN6O6. The molecule has 1 aromatic heterocycles. The number of carbonyl (C=O) groups excluding carboxylic acids is 2. The molecule has 3 aromatic rings. The number of benzene rings is 2. The van der Waals surface area contributed by atoms with Gasteiger partial charge in [0.25, 0.3) is 5.89 Å². The summed E-state index contributed by atoms with van der Waals surface area (Å²) in [6.07, 6.45) is -0.324. The van der Waals surface area contributed by atoms with Crippen molar-refractivity contribution in [1.29, 1.82) is 5.41 Å². The van der Waals surface area contributed by atoms with Crippen LogP contribution in [-0.2, 0) is 22.6 Å². The molecule has 0 fully saturated rings. The Morgan fingerprint density at radius 1 is 1.08 bits per heavy atom. The Morgan fingerprint density at radius 2 is 1.79 bits per heavy atom. The first kappa shape index (κ1) is 28.9. The van der Waals surface area contributed by atoms with Gasteiger partial charge in [-0.15, -0.1) is 5.10 Å². The van der Waals surface area contributed by atoms with Crippen LogP contribution >= 0.6 is 0 Å². The zero-order valence-corrected chi connectivity index (χ0v) is 22.0. The van der Waals surface area contributed by atoms with Crippen LogP contribution in [0, 0.1) is 17.1 Å². The van der Waals surface area contributed by atoms with E-state index >= 15 is 0 Å². The fraction of sp³-hybridized carbons (Fsp3) is 0.346. The predicted octanol–water partition coefficient (Wildman–Crippen LogP) is 2.51. The molecule has 13 heteroatoms. The van der Waals surface area contributed by atoms with E-state index in [1.54, 1.807) is 18.2 Å². The van der Waals surface area contributed by atoms with Crippen LogP contribution in [0.25, 0.3) is 11.5 Å². The quantitative estimate of drug-likeness (QED) is 0.180. The molecular weight excluding hydrogens is 511 g/mol. The molecule has 208 valence electrons. The van der Waals surface area contributed by atoms with Crippen molar-refractivity contribution >= 4 is 17.8 Å². The number of halogens is 1. The van der Waals surface area contributed by atoms with Gasteiger partial charge in [0.05, 0.1) is 26.2 Å². The molecule has 1 heterocycles. The second kappa shape index (κ2) is 13.2. The summed E-state index contributed by atoms with van der Waals surface area (Å²) in [6.45, 7) is 3.89. The second-order valence-corrected chi connectivity index (χ2v) is 9.04. The predicted molar refractivity (Wildman–Crippen MR) is 139 cm³/mol. The number of hydrogen-bond donors (Lipinski definition) is 5. The third kappa shape index (κ3) is 8.15. The number of nitrogens with zero attached hydrogens (tertiary/aromatic N) is 2. The normalized spacial score (nSPS) is 11.5. The summed E-state index contributed by atoms with van der Waals surface area (Å²) >= 11 is 0. The first-order valence-electron chi connectivity index (χ1n) is 12.0. The van der Waals surface area contributed by atoms with Gasteiger partial charge in [0.1, 0.15) is 11.9 Å². The van der Waals surface area contributed by atoms with Crippen LogP contribution in [0.15, 0.2) is 40.8 Å². The number of guanidine groups is 1. The van der Waals surface area contributed by atoms with E-state index in [0.717, 1.165) is 0 Å². The van der Waals surface area contributed by atoms with Crippen molar-refractivity contribution < 1.29 is 33.0 Å². The van der Waals surface area contributed by atoms with Crippen LogP contribution in [0.4, 0.5) is 4.39 Å². The van der Waals surface area contributed by atoms with Gasteiger partial charge in [-0.3, -0.25) is 20.3 Å². The van der Waals surface area contributed by atoms with Gasteiger partial charge < -0.3 is 29.6 Å². The summed E-state index contributed by atoms with van der Waals surface area (Å²) in [4.78, 5) is 25.5. The van der Waals surface area contributed by atoms with E-state index in [4.69, 9.17) is 19.3 Å². The number of hydrogen-bond acceptors (Lipinski definition) is 9. The lowest BCUT2D eigenvalue weighted by atomic mass is 10.0. The molecule has 0 aliphatic carbocycles. The molecule has 2 aromatic carbocycles. The van der Waals surface area contributed by atoms with Gasteiger partial charge in [0.15, 0.2) is 17.5 Å². The number of aromatic hydroxyl groups is 1. The van der Waals surface area contributed by atoms with Crippen LogP contribution in [0.3, 0.4) is 0 Å². The van der Waals surface area contributed by atoms with E-state index in [9.17, 15) is 19.1 Å². The molecule has 0 aliphatic heterocycles. The summed E-state index contributed by atoms with van der Waals surface area (Å²) in [6, 6.07) is 8.35. The summed E-state index contributed by atoms with van der Waals surface area (Å²) in [5.74, 6) is -0.899. The Balaban J connectivity index is 1.59. The van der Waals surface area contributed by atoms with Crippen molar-refractivity contribution in [3.8, 4) is 29.0 Å². The lowest BCUT2D eigenvalue weighted by molar-refractivity contribution is -0.123. The number of methoxy groups -OCH3 is 2. The summed E-state index contributed by atoms with van der Waals surface area (Å²) in [5.41, 5.74) is 1.17. The molecule has 0 unspecified atom stereocenters. The SMILES string of the molecule is COc1ccc(CC(=O)NC(=N)N[C@H](CC(C)C)C(=O)NCc2ccc(F)c(-c3nnc(O)o3)c2)cc1OC. The average Bonchev–Trinajstić information content (AvgIpc) is 3.32. The van der Waals surface area contributed by atoms with Crippen molar-refractivity contribution in [2.45, 2.75) is 39.3 Å². The van der Waals surface area contributed by atoms with Crippen LogP contribution in [0.5, 0.6) is 17.6 Å². The van der Waals surface area contributed by atoms with Crippen molar-refractivity contribution in [2.75, 3.05) is 14.2 Å². The maximum Gasteiger partial charge on any atom is 0.412 e. The molecule has 12 nitrogen and oxygen atoms in total. The van der Waals surface area contributed by atoms with Crippen LogP contribution in [0.1, 0.15) is 31.4 Å². The minimum absolute atomic E-state index is 0.0177. The van der Waals surface area contributed by atoms with Gasteiger partial charge in [-0.2, -0.15) is 0 Å². The van der Waals surface area contributed by atoms with Crippen LogP contribution in [-0.4, -0.2) is 53.3 Å². The zero-order valence-electron chi connectivity index (χ0n) is 22.0. The molecule has 0 bridgehead atoms. The summed E-state index contributed by atoms with van der Waals surface area (Å²) < 4.78 is 29.5. The number of rotatable bonds is 11. The highest BCUT2D eigenvalue weighted by atomic mass is 19.1. The lowest BCUT2D eigenvalue weighted by Crippen LogP contribution is -2.52. The smallest absolute Gasteiger partial charge is 0.412 e. The number of ether oxygens (including phenoxy) is 2. The number of amides is 2. The molecule has 0 radical (unpaired) electrons. The Bertz CT molecular complexity index is 1330. The highest BCUT2D eigenvalue weighted by Gasteiger charge is 2.22. The van der Waals surface area contributed by atoms with E-state index in [0.29, 0.717) is 29.0 Å². The molecule has 3 rings (SSSR count). The maximum absolute atomic E-state index is 14.2. The number of nitrogens with one attached hydrogen (secondary N) is 4. The molecule has 0 aliphatic rings. The topological polar surface area (TPSA) is 172 Å². The zero-order chi connectivity index (χ0) is 28.5. The van der Waals surface area contributed by atoms with Crippen molar-refractivity contribution in [1.82, 2.24) is 26.1 Å². The highest BCUT2D eigenvalue weighted by Crippen LogP contribution is 2.28. The molecule has 39 heavy (non-hydrogen) atoms. The van der Waals surface area contributed by atoms with Gasteiger partial charge in [-0.05, 0) is 47.7 Å². The molecule has 2 amide bonds. The fourth-order valence-corrected chi connectivity index (χ4v) is 3.76. The number of aromatic nitrogens is 2. The van der Waals surface area contributed by atoms with E-state index < -0.39 is 29.8 Å². The first-order valence-corrected chi connectivity index (χ1v) is 12.0. The van der Waals surface area contributed by atoms with Gasteiger partial charge in [0, 0.05) is 6.54 Å². The standard InChI is InChI=1S/C26H31FN6O6/c1-14(2)9-19(30-25(28)31-22(34)12-15-6-8-20(37-3)21(11-15)38-4)23(35)29-13-16-5-7-18(27)17(10-16)24-32-33-26(36)39-24/h5-8,10-11,14,19H,9,12-13H2,1-4H3,(H,29,35)(H,33,36)(H3,28,30,31,34)/t19-/m1/s1. The first-order chi connectivity index (χ1) is 18.6. The van der Waals surface area contributed by atoms with Gasteiger partial charge in [0.2, 0.25) is 11.8 Å². The summed E-state index contributed by atoms with van der Waals surface area (Å²) in [5, 5.41) is 32.3. The van der Waals surface area contributed by atoms with Crippen molar-refractivity contribution in [2.24, 2.45) is 5.92 Å². The van der Waals surface area contributed by atoms with E-state index in [1.165, 1.54) is 32.4 Å². The largest absolute Gasteiger partial charge is 0.493 e. The van der Waals surface area contributed by atoms with Crippen LogP contribution in [0.2, 0.25) is 0 Å². The Morgan fingerprint density at radius 3 is 2.44 bits per heavy atom. The highest BCUT2D eigenvalue weighted by molar-refractivity contribution is 5.98. The Kier molecular flexibility index (Phi) is 9.79. The Hall–Kier alpha value is -4.68. The molecule has 0 saturated heterocycles. The minimum atomic E-state index is -0.813. The minimum Gasteiger partial charge on any atom is -0.493 e. The van der Waals surface area contributed by atoms with E-state index in [1.807, 2.05) is 13.8 Å².